The van der Waals surface area contributed by atoms with E-state index in [9.17, 15) is 4.79 Å². The number of nitrogens with zero attached hydrogens (tertiary/aromatic N) is 2. The standard InChI is InChI=1S/C21H22N4O2/c1-14(2)17-9-4-5-10-18(17)24-21-22-12-11-19(25-21)20(26)23-15-7-6-8-16(13-15)27-3/h4-14H,1-3H3,(H,23,26)(H,22,24,25). The topological polar surface area (TPSA) is 76.1 Å². The van der Waals surface area contributed by atoms with E-state index < -0.39 is 0 Å². The minimum Gasteiger partial charge on any atom is -0.497 e. The number of amides is 1. The van der Waals surface area contributed by atoms with Crippen molar-refractivity contribution < 1.29 is 9.53 Å². The number of para-hydroxylation sites is 1. The molecule has 6 nitrogen and oxygen atoms in total. The van der Waals surface area contributed by atoms with Gasteiger partial charge in [-0.1, -0.05) is 38.1 Å². The SMILES string of the molecule is COc1cccc(NC(=O)c2ccnc(Nc3ccccc3C(C)C)n2)c1. The first-order chi connectivity index (χ1) is 13.1. The Hall–Kier alpha value is -3.41. The minimum atomic E-state index is -0.314. The third-order valence-electron chi connectivity index (χ3n) is 4.05. The van der Waals surface area contributed by atoms with Gasteiger partial charge in [-0.05, 0) is 35.7 Å². The fraction of sp³-hybridized carbons (Fsp3) is 0.190. The van der Waals surface area contributed by atoms with E-state index in [4.69, 9.17) is 4.74 Å². The quantitative estimate of drug-likeness (QED) is 0.670. The van der Waals surface area contributed by atoms with Crippen LogP contribution in [-0.2, 0) is 0 Å². The second-order valence-electron chi connectivity index (χ2n) is 6.32. The van der Waals surface area contributed by atoms with Crippen molar-refractivity contribution in [3.05, 3.63) is 72.1 Å². The van der Waals surface area contributed by atoms with Crippen LogP contribution in [0.4, 0.5) is 17.3 Å². The lowest BCUT2D eigenvalue weighted by molar-refractivity contribution is 0.102. The molecule has 0 aliphatic rings. The summed E-state index contributed by atoms with van der Waals surface area (Å²) in [5, 5.41) is 6.03. The van der Waals surface area contributed by atoms with Gasteiger partial charge in [0.05, 0.1) is 7.11 Å². The van der Waals surface area contributed by atoms with Crippen molar-refractivity contribution in [2.24, 2.45) is 0 Å². The van der Waals surface area contributed by atoms with Crippen molar-refractivity contribution in [3.63, 3.8) is 0 Å². The Bertz CT molecular complexity index is 941. The molecule has 0 aliphatic heterocycles. The van der Waals surface area contributed by atoms with Gasteiger partial charge in [-0.3, -0.25) is 4.79 Å². The van der Waals surface area contributed by atoms with E-state index in [1.165, 1.54) is 0 Å². The molecule has 2 N–H and O–H groups in total. The number of nitrogens with one attached hydrogen (secondary N) is 2. The van der Waals surface area contributed by atoms with Gasteiger partial charge in [-0.15, -0.1) is 0 Å². The highest BCUT2D eigenvalue weighted by atomic mass is 16.5. The molecule has 2 aromatic carbocycles. The molecule has 0 saturated carbocycles. The Morgan fingerprint density at radius 3 is 2.67 bits per heavy atom. The molecule has 6 heteroatoms. The number of rotatable bonds is 6. The predicted molar refractivity (Wildman–Crippen MR) is 107 cm³/mol. The Morgan fingerprint density at radius 2 is 1.89 bits per heavy atom. The van der Waals surface area contributed by atoms with Gasteiger partial charge in [-0.25, -0.2) is 9.97 Å². The summed E-state index contributed by atoms with van der Waals surface area (Å²) in [7, 11) is 1.58. The van der Waals surface area contributed by atoms with Crippen molar-refractivity contribution in [3.8, 4) is 5.75 Å². The molecular formula is C21H22N4O2. The average molecular weight is 362 g/mol. The van der Waals surface area contributed by atoms with Gasteiger partial charge in [0, 0.05) is 23.6 Å². The fourth-order valence-electron chi connectivity index (χ4n) is 2.68. The van der Waals surface area contributed by atoms with Crippen LogP contribution in [0, 0.1) is 0 Å². The average Bonchev–Trinajstić information content (AvgIpc) is 2.68. The Morgan fingerprint density at radius 1 is 1.07 bits per heavy atom. The largest absolute Gasteiger partial charge is 0.497 e. The maximum atomic E-state index is 12.5. The Labute approximate surface area is 158 Å². The zero-order chi connectivity index (χ0) is 19.2. The Kier molecular flexibility index (Phi) is 5.66. The molecule has 0 atom stereocenters. The lowest BCUT2D eigenvalue weighted by atomic mass is 10.0. The van der Waals surface area contributed by atoms with Crippen LogP contribution in [0.25, 0.3) is 0 Å². The van der Waals surface area contributed by atoms with Crippen LogP contribution >= 0.6 is 0 Å². The molecule has 0 bridgehead atoms. The van der Waals surface area contributed by atoms with E-state index in [1.54, 1.807) is 31.5 Å². The summed E-state index contributed by atoms with van der Waals surface area (Å²) in [5.41, 5.74) is 3.00. The first kappa shape index (κ1) is 18.4. The van der Waals surface area contributed by atoms with Gasteiger partial charge >= 0.3 is 0 Å². The van der Waals surface area contributed by atoms with Gasteiger partial charge in [0.1, 0.15) is 11.4 Å². The lowest BCUT2D eigenvalue weighted by Gasteiger charge is -2.13. The molecule has 0 spiro atoms. The Balaban J connectivity index is 1.78. The molecule has 3 aromatic rings. The second-order valence-corrected chi connectivity index (χ2v) is 6.32. The normalized spacial score (nSPS) is 10.5. The zero-order valence-electron chi connectivity index (χ0n) is 15.6. The molecule has 1 amide bonds. The van der Waals surface area contributed by atoms with Crippen molar-refractivity contribution in [1.82, 2.24) is 9.97 Å². The monoisotopic (exact) mass is 362 g/mol. The molecule has 0 saturated heterocycles. The van der Waals surface area contributed by atoms with E-state index in [0.717, 1.165) is 11.3 Å². The van der Waals surface area contributed by atoms with Gasteiger partial charge in [0.15, 0.2) is 0 Å². The van der Waals surface area contributed by atoms with E-state index in [0.29, 0.717) is 23.3 Å². The van der Waals surface area contributed by atoms with Crippen molar-refractivity contribution in [1.29, 1.82) is 0 Å². The number of ether oxygens (including phenoxy) is 1. The predicted octanol–water partition coefficient (Wildman–Crippen LogP) is 4.60. The molecular weight excluding hydrogens is 340 g/mol. The van der Waals surface area contributed by atoms with Gasteiger partial charge in [0.2, 0.25) is 5.95 Å². The number of methoxy groups -OCH3 is 1. The number of carbonyl (C=O) groups is 1. The van der Waals surface area contributed by atoms with Crippen LogP contribution < -0.4 is 15.4 Å². The van der Waals surface area contributed by atoms with E-state index in [1.807, 2.05) is 30.3 Å². The molecule has 3 rings (SSSR count). The summed E-state index contributed by atoms with van der Waals surface area (Å²) in [6.07, 6.45) is 1.56. The number of anilines is 3. The lowest BCUT2D eigenvalue weighted by Crippen LogP contribution is -2.15. The third-order valence-corrected chi connectivity index (χ3v) is 4.05. The number of benzene rings is 2. The van der Waals surface area contributed by atoms with Gasteiger partial charge < -0.3 is 15.4 Å². The van der Waals surface area contributed by atoms with Gasteiger partial charge in [0.25, 0.3) is 5.91 Å². The van der Waals surface area contributed by atoms with Crippen LogP contribution in [0.15, 0.2) is 60.8 Å². The molecule has 1 heterocycles. The number of hydrogen-bond donors (Lipinski definition) is 2. The number of hydrogen-bond acceptors (Lipinski definition) is 5. The number of carbonyl (C=O) groups excluding carboxylic acids is 1. The zero-order valence-corrected chi connectivity index (χ0v) is 15.6. The molecule has 0 fully saturated rings. The van der Waals surface area contributed by atoms with Crippen LogP contribution in [0.1, 0.15) is 35.8 Å². The molecule has 0 radical (unpaired) electrons. The van der Waals surface area contributed by atoms with Crippen LogP contribution in [0.5, 0.6) is 5.75 Å². The van der Waals surface area contributed by atoms with Crippen LogP contribution in [-0.4, -0.2) is 23.0 Å². The summed E-state index contributed by atoms with van der Waals surface area (Å²) in [5.74, 6) is 1.09. The first-order valence-electron chi connectivity index (χ1n) is 8.71. The molecule has 0 unspecified atom stereocenters. The number of aromatic nitrogens is 2. The van der Waals surface area contributed by atoms with E-state index in [2.05, 4.69) is 40.5 Å². The van der Waals surface area contributed by atoms with E-state index >= 15 is 0 Å². The minimum absolute atomic E-state index is 0.275. The highest BCUT2D eigenvalue weighted by Crippen LogP contribution is 2.25. The summed E-state index contributed by atoms with van der Waals surface area (Å²) < 4.78 is 5.17. The van der Waals surface area contributed by atoms with Gasteiger partial charge in [-0.2, -0.15) is 0 Å². The molecule has 1 aromatic heterocycles. The maximum Gasteiger partial charge on any atom is 0.274 e. The van der Waals surface area contributed by atoms with Crippen LogP contribution in [0.3, 0.4) is 0 Å². The van der Waals surface area contributed by atoms with Crippen LogP contribution in [0.2, 0.25) is 0 Å². The maximum absolute atomic E-state index is 12.5. The highest BCUT2D eigenvalue weighted by Gasteiger charge is 2.11. The fourth-order valence-corrected chi connectivity index (χ4v) is 2.68. The second kappa shape index (κ2) is 8.31. The highest BCUT2D eigenvalue weighted by molar-refractivity contribution is 6.03. The molecule has 27 heavy (non-hydrogen) atoms. The summed E-state index contributed by atoms with van der Waals surface area (Å²) >= 11 is 0. The summed E-state index contributed by atoms with van der Waals surface area (Å²) in [6.45, 7) is 4.25. The van der Waals surface area contributed by atoms with Crippen molar-refractivity contribution >= 4 is 23.2 Å². The molecule has 0 aliphatic carbocycles. The summed E-state index contributed by atoms with van der Waals surface area (Å²) in [4.78, 5) is 21.1. The van der Waals surface area contributed by atoms with Crippen molar-refractivity contribution in [2.45, 2.75) is 19.8 Å². The van der Waals surface area contributed by atoms with E-state index in [-0.39, 0.29) is 11.6 Å². The third kappa shape index (κ3) is 4.61. The summed E-state index contributed by atoms with van der Waals surface area (Å²) in [6, 6.07) is 16.7. The van der Waals surface area contributed by atoms with Crippen molar-refractivity contribution in [2.75, 3.05) is 17.7 Å². The first-order valence-corrected chi connectivity index (χ1v) is 8.71. The molecule has 138 valence electrons. The smallest absolute Gasteiger partial charge is 0.274 e.